The van der Waals surface area contributed by atoms with Crippen molar-refractivity contribution in [1.82, 2.24) is 15.2 Å². The Bertz CT molecular complexity index is 801. The predicted molar refractivity (Wildman–Crippen MR) is 106 cm³/mol. The lowest BCUT2D eigenvalue weighted by atomic mass is 9.85. The summed E-state index contributed by atoms with van der Waals surface area (Å²) in [5.41, 5.74) is 1.67. The highest BCUT2D eigenvalue weighted by Gasteiger charge is 2.28. The standard InChI is InChI=1S/C21H25N3O2S/c25-19(15-8-4-9-15)22-12-18-14-27-20(23-18)17-10-5-11-24(13-17)21(26)16-6-2-1-3-7-16/h1-3,6-7,14-15,17H,4-5,8-13H2,(H,22,25)/t17-/m0/s1. The molecular formula is C21H25N3O2S. The zero-order chi connectivity index (χ0) is 18.6. The van der Waals surface area contributed by atoms with Crippen molar-refractivity contribution in [2.24, 2.45) is 5.92 Å². The van der Waals surface area contributed by atoms with E-state index in [2.05, 4.69) is 5.32 Å². The fourth-order valence-corrected chi connectivity index (χ4v) is 4.66. The van der Waals surface area contributed by atoms with E-state index in [0.717, 1.165) is 55.0 Å². The van der Waals surface area contributed by atoms with Crippen molar-refractivity contribution in [3.8, 4) is 0 Å². The lowest BCUT2D eigenvalue weighted by molar-refractivity contribution is -0.127. The molecule has 2 heterocycles. The summed E-state index contributed by atoms with van der Waals surface area (Å²) in [6, 6.07) is 9.48. The summed E-state index contributed by atoms with van der Waals surface area (Å²) in [5, 5.41) is 6.12. The molecule has 27 heavy (non-hydrogen) atoms. The van der Waals surface area contributed by atoms with E-state index in [1.54, 1.807) is 11.3 Å². The van der Waals surface area contributed by atoms with Crippen molar-refractivity contribution in [3.63, 3.8) is 0 Å². The molecule has 1 aliphatic carbocycles. The van der Waals surface area contributed by atoms with Crippen LogP contribution in [0.25, 0.3) is 0 Å². The van der Waals surface area contributed by atoms with Crippen LogP contribution in [-0.4, -0.2) is 34.8 Å². The minimum Gasteiger partial charge on any atom is -0.350 e. The first-order valence-electron chi connectivity index (χ1n) is 9.77. The fraction of sp³-hybridized carbons (Fsp3) is 0.476. The van der Waals surface area contributed by atoms with Gasteiger partial charge < -0.3 is 10.2 Å². The van der Waals surface area contributed by atoms with Gasteiger partial charge in [0.05, 0.1) is 17.2 Å². The predicted octanol–water partition coefficient (Wildman–Crippen LogP) is 3.58. The number of likely N-dealkylation sites (tertiary alicyclic amines) is 1. The number of carbonyl (C=O) groups is 2. The molecule has 0 bridgehead atoms. The van der Waals surface area contributed by atoms with Crippen LogP contribution in [-0.2, 0) is 11.3 Å². The summed E-state index contributed by atoms with van der Waals surface area (Å²) in [7, 11) is 0. The number of hydrogen-bond donors (Lipinski definition) is 1. The molecule has 1 aromatic carbocycles. The first-order chi connectivity index (χ1) is 13.2. The van der Waals surface area contributed by atoms with Crippen LogP contribution in [0.1, 0.15) is 59.1 Å². The van der Waals surface area contributed by atoms with Gasteiger partial charge in [-0.25, -0.2) is 4.98 Å². The monoisotopic (exact) mass is 383 g/mol. The molecule has 4 rings (SSSR count). The van der Waals surface area contributed by atoms with Crippen LogP contribution in [0.15, 0.2) is 35.7 Å². The molecule has 142 valence electrons. The maximum absolute atomic E-state index is 12.7. The molecule has 0 unspecified atom stereocenters. The van der Waals surface area contributed by atoms with Gasteiger partial charge in [0.2, 0.25) is 5.91 Å². The minimum absolute atomic E-state index is 0.102. The summed E-state index contributed by atoms with van der Waals surface area (Å²) < 4.78 is 0. The Morgan fingerprint density at radius 3 is 2.70 bits per heavy atom. The number of carbonyl (C=O) groups excluding carboxylic acids is 2. The van der Waals surface area contributed by atoms with Crippen molar-refractivity contribution in [1.29, 1.82) is 0 Å². The van der Waals surface area contributed by atoms with Gasteiger partial charge in [0.25, 0.3) is 5.91 Å². The van der Waals surface area contributed by atoms with E-state index in [1.165, 1.54) is 6.42 Å². The van der Waals surface area contributed by atoms with Crippen molar-refractivity contribution in [2.45, 2.75) is 44.6 Å². The molecule has 2 fully saturated rings. The van der Waals surface area contributed by atoms with Crippen LogP contribution in [0.4, 0.5) is 0 Å². The third kappa shape index (κ3) is 4.21. The van der Waals surface area contributed by atoms with Crippen LogP contribution in [0.2, 0.25) is 0 Å². The van der Waals surface area contributed by atoms with E-state index in [1.807, 2.05) is 40.6 Å². The van der Waals surface area contributed by atoms with Crippen molar-refractivity contribution >= 4 is 23.2 Å². The molecule has 6 heteroatoms. The maximum atomic E-state index is 12.7. The number of piperidine rings is 1. The number of rotatable bonds is 5. The summed E-state index contributed by atoms with van der Waals surface area (Å²) in [6.45, 7) is 2.03. The molecule has 2 aliphatic rings. The van der Waals surface area contributed by atoms with Gasteiger partial charge in [0.15, 0.2) is 0 Å². The minimum atomic E-state index is 0.102. The Morgan fingerprint density at radius 1 is 1.15 bits per heavy atom. The number of aromatic nitrogens is 1. The molecule has 1 saturated heterocycles. The maximum Gasteiger partial charge on any atom is 0.253 e. The second-order valence-electron chi connectivity index (χ2n) is 7.48. The molecule has 1 atom stereocenters. The van der Waals surface area contributed by atoms with Gasteiger partial charge >= 0.3 is 0 Å². The van der Waals surface area contributed by atoms with Crippen LogP contribution < -0.4 is 5.32 Å². The number of thiazole rings is 1. The lowest BCUT2D eigenvalue weighted by Gasteiger charge is -2.32. The van der Waals surface area contributed by atoms with Gasteiger partial charge in [-0.1, -0.05) is 24.6 Å². The number of hydrogen-bond acceptors (Lipinski definition) is 4. The first kappa shape index (κ1) is 18.2. The van der Waals surface area contributed by atoms with E-state index in [9.17, 15) is 9.59 Å². The van der Waals surface area contributed by atoms with Crippen LogP contribution in [0, 0.1) is 5.92 Å². The van der Waals surface area contributed by atoms with Gasteiger partial charge in [-0.3, -0.25) is 9.59 Å². The van der Waals surface area contributed by atoms with Gasteiger partial charge in [0, 0.05) is 35.9 Å². The quantitative estimate of drug-likeness (QED) is 0.858. The SMILES string of the molecule is O=C(NCc1csc([C@H]2CCCN(C(=O)c3ccccc3)C2)n1)C1CCC1. The van der Waals surface area contributed by atoms with Gasteiger partial charge in [-0.15, -0.1) is 11.3 Å². The smallest absolute Gasteiger partial charge is 0.253 e. The van der Waals surface area contributed by atoms with Crippen molar-refractivity contribution in [3.05, 3.63) is 52.0 Å². The summed E-state index contributed by atoms with van der Waals surface area (Å²) >= 11 is 1.65. The Hall–Kier alpha value is -2.21. The second-order valence-corrected chi connectivity index (χ2v) is 8.37. The molecule has 1 aromatic heterocycles. The Morgan fingerprint density at radius 2 is 1.96 bits per heavy atom. The third-order valence-electron chi connectivity index (χ3n) is 5.57. The van der Waals surface area contributed by atoms with Crippen LogP contribution >= 0.6 is 11.3 Å². The molecule has 2 aromatic rings. The van der Waals surface area contributed by atoms with E-state index in [-0.39, 0.29) is 23.7 Å². The zero-order valence-electron chi connectivity index (χ0n) is 15.4. The van der Waals surface area contributed by atoms with E-state index in [0.29, 0.717) is 6.54 Å². The highest BCUT2D eigenvalue weighted by atomic mass is 32.1. The number of nitrogens with zero attached hydrogens (tertiary/aromatic N) is 2. The van der Waals surface area contributed by atoms with Gasteiger partial charge in [-0.2, -0.15) is 0 Å². The van der Waals surface area contributed by atoms with E-state index >= 15 is 0 Å². The van der Waals surface area contributed by atoms with Crippen molar-refractivity contribution in [2.75, 3.05) is 13.1 Å². The average Bonchev–Trinajstić information content (AvgIpc) is 3.14. The Kier molecular flexibility index (Phi) is 5.53. The topological polar surface area (TPSA) is 62.3 Å². The third-order valence-corrected chi connectivity index (χ3v) is 6.62. The lowest BCUT2D eigenvalue weighted by Crippen LogP contribution is -2.39. The van der Waals surface area contributed by atoms with Gasteiger partial charge in [-0.05, 0) is 37.8 Å². The molecule has 1 N–H and O–H groups in total. The zero-order valence-corrected chi connectivity index (χ0v) is 16.2. The largest absolute Gasteiger partial charge is 0.350 e. The van der Waals surface area contributed by atoms with Crippen LogP contribution in [0.3, 0.4) is 0 Å². The number of benzene rings is 1. The molecule has 2 amide bonds. The van der Waals surface area contributed by atoms with Crippen LogP contribution in [0.5, 0.6) is 0 Å². The highest BCUT2D eigenvalue weighted by molar-refractivity contribution is 7.09. The number of nitrogens with one attached hydrogen (secondary N) is 1. The van der Waals surface area contributed by atoms with E-state index in [4.69, 9.17) is 4.98 Å². The highest BCUT2D eigenvalue weighted by Crippen LogP contribution is 2.30. The second kappa shape index (κ2) is 8.21. The summed E-state index contributed by atoms with van der Waals surface area (Å²) in [4.78, 5) is 31.4. The summed E-state index contributed by atoms with van der Waals surface area (Å²) in [6.07, 6.45) is 5.25. The Balaban J connectivity index is 1.35. The molecule has 1 aliphatic heterocycles. The molecule has 0 spiro atoms. The Labute approximate surface area is 163 Å². The average molecular weight is 384 g/mol. The molecule has 1 saturated carbocycles. The first-order valence-corrected chi connectivity index (χ1v) is 10.6. The number of amides is 2. The van der Waals surface area contributed by atoms with Gasteiger partial charge in [0.1, 0.15) is 0 Å². The fourth-order valence-electron chi connectivity index (χ4n) is 3.71. The summed E-state index contributed by atoms with van der Waals surface area (Å²) in [5.74, 6) is 0.754. The normalized spacial score (nSPS) is 20.1. The van der Waals surface area contributed by atoms with Crippen molar-refractivity contribution < 1.29 is 9.59 Å². The van der Waals surface area contributed by atoms with E-state index < -0.39 is 0 Å². The molecular weight excluding hydrogens is 358 g/mol. The molecule has 5 nitrogen and oxygen atoms in total. The molecule has 0 radical (unpaired) electrons.